The van der Waals surface area contributed by atoms with Crippen molar-refractivity contribution in [3.63, 3.8) is 0 Å². The second-order valence-corrected chi connectivity index (χ2v) is 20.8. The summed E-state index contributed by atoms with van der Waals surface area (Å²) >= 11 is 0. The van der Waals surface area contributed by atoms with Gasteiger partial charge in [-0.2, -0.15) is 10.2 Å². The summed E-state index contributed by atoms with van der Waals surface area (Å²) in [5.74, 6) is -0.0840. The fourth-order valence-electron chi connectivity index (χ4n) is 5.81. The summed E-state index contributed by atoms with van der Waals surface area (Å²) in [4.78, 5) is 28.6. The van der Waals surface area contributed by atoms with Gasteiger partial charge in [0.15, 0.2) is 6.23 Å². The number of fused-ring (bicyclic) bond motifs is 1. The molecule has 0 saturated carbocycles. The van der Waals surface area contributed by atoms with Gasteiger partial charge in [0.1, 0.15) is 17.3 Å². The summed E-state index contributed by atoms with van der Waals surface area (Å²) in [5.41, 5.74) is -0.840. The molecule has 2 fully saturated rings. The summed E-state index contributed by atoms with van der Waals surface area (Å²) < 4.78 is 28.9. The molecule has 37 heavy (non-hydrogen) atoms. The zero-order valence-electron chi connectivity index (χ0n) is 23.9. The van der Waals surface area contributed by atoms with Gasteiger partial charge in [0, 0.05) is 12.6 Å². The molecule has 0 amide bonds. The smallest absolute Gasteiger partial charge is 0.349 e. The molecule has 2 aliphatic rings. The average molecular weight is 550 g/mol. The highest BCUT2D eigenvalue weighted by Gasteiger charge is 2.65. The van der Waals surface area contributed by atoms with Gasteiger partial charge in [-0.25, -0.2) is 4.79 Å². The molecule has 0 aliphatic carbocycles. The number of Topliss-reactive ketones (excluding diaryl/α,β-unsaturated/α-hetero) is 1. The number of aromatic nitrogens is 2. The Hall–Kier alpha value is -1.69. The lowest BCUT2D eigenvalue weighted by atomic mass is 9.84. The molecule has 206 valence electrons. The maximum absolute atomic E-state index is 13.0. The van der Waals surface area contributed by atoms with E-state index in [4.69, 9.17) is 17.7 Å². The average Bonchev–Trinajstić information content (AvgIpc) is 3.04. The number of hydrogen-bond donors (Lipinski definition) is 0. The van der Waals surface area contributed by atoms with E-state index < -0.39 is 46.7 Å². The largest absolute Gasteiger partial charge is 0.414 e. The number of nitriles is 1. The Morgan fingerprint density at radius 3 is 2.16 bits per heavy atom. The van der Waals surface area contributed by atoms with Gasteiger partial charge in [0.05, 0.1) is 24.5 Å². The van der Waals surface area contributed by atoms with Gasteiger partial charge < -0.3 is 17.7 Å². The molecule has 2 saturated heterocycles. The van der Waals surface area contributed by atoms with Crippen LogP contribution in [0, 0.1) is 16.7 Å². The lowest BCUT2D eigenvalue weighted by molar-refractivity contribution is -0.116. The molecule has 2 aliphatic heterocycles. The van der Waals surface area contributed by atoms with Crippen molar-refractivity contribution in [2.24, 2.45) is 5.41 Å². The summed E-state index contributed by atoms with van der Waals surface area (Å²) in [6.45, 7) is 20.5. The number of nitrogens with zero attached hydrogens (tertiary/aromatic N) is 3. The van der Waals surface area contributed by atoms with Crippen LogP contribution in [-0.4, -0.2) is 51.3 Å². The van der Waals surface area contributed by atoms with Gasteiger partial charge in [-0.15, -0.1) is 0 Å². The van der Waals surface area contributed by atoms with E-state index in [0.717, 1.165) is 0 Å². The lowest BCUT2D eigenvalue weighted by Crippen LogP contribution is -2.66. The number of carbonyl (C=O) groups is 1. The number of ether oxygens (including phenoxy) is 1. The van der Waals surface area contributed by atoms with Gasteiger partial charge in [-0.3, -0.25) is 9.36 Å². The van der Waals surface area contributed by atoms with E-state index in [-0.39, 0.29) is 41.0 Å². The maximum Gasteiger partial charge on any atom is 0.349 e. The van der Waals surface area contributed by atoms with Crippen molar-refractivity contribution in [1.82, 2.24) is 9.55 Å². The SMILES string of the molecule is CC(=O)Cc1ccn([C@@H]2O[C@@H]3CO[Si](C(C)C)(C(C)C)O[Si](C(C)C)(C(C)C)O[C@H]3[C@@]2(C)C#N)c(=O)n1. The van der Waals surface area contributed by atoms with Gasteiger partial charge in [-0.1, -0.05) is 55.4 Å². The normalized spacial score (nSPS) is 29.3. The van der Waals surface area contributed by atoms with Crippen molar-refractivity contribution in [1.29, 1.82) is 5.26 Å². The van der Waals surface area contributed by atoms with Crippen molar-refractivity contribution >= 4 is 22.9 Å². The van der Waals surface area contributed by atoms with Gasteiger partial charge in [0.2, 0.25) is 0 Å². The zero-order chi connectivity index (χ0) is 27.9. The Morgan fingerprint density at radius 2 is 1.70 bits per heavy atom. The predicted molar refractivity (Wildman–Crippen MR) is 144 cm³/mol. The monoisotopic (exact) mass is 549 g/mol. The topological polar surface area (TPSA) is 113 Å². The fraction of sp³-hybridized carbons (Fsp3) is 0.769. The van der Waals surface area contributed by atoms with Crippen molar-refractivity contribution in [3.05, 3.63) is 28.4 Å². The van der Waals surface area contributed by atoms with E-state index in [1.165, 1.54) is 11.5 Å². The number of ketones is 1. The van der Waals surface area contributed by atoms with Crippen LogP contribution in [0.2, 0.25) is 22.2 Å². The van der Waals surface area contributed by atoms with E-state index in [9.17, 15) is 14.9 Å². The maximum atomic E-state index is 13.0. The van der Waals surface area contributed by atoms with E-state index in [2.05, 4.69) is 66.4 Å². The van der Waals surface area contributed by atoms with Crippen molar-refractivity contribution < 1.29 is 22.5 Å². The van der Waals surface area contributed by atoms with Crippen molar-refractivity contribution in [2.45, 2.75) is 116 Å². The Morgan fingerprint density at radius 1 is 1.14 bits per heavy atom. The quantitative estimate of drug-likeness (QED) is 0.448. The highest BCUT2D eigenvalue weighted by molar-refractivity contribution is 6.84. The molecule has 0 N–H and O–H groups in total. The fourth-order valence-corrected chi connectivity index (χ4v) is 17.1. The third-order valence-electron chi connectivity index (χ3n) is 7.88. The molecular formula is C26H43N3O6Si2. The molecule has 1 aromatic rings. The molecule has 0 radical (unpaired) electrons. The molecular weight excluding hydrogens is 506 g/mol. The molecule has 11 heteroatoms. The van der Waals surface area contributed by atoms with Crippen LogP contribution in [0.1, 0.15) is 81.2 Å². The first-order valence-corrected chi connectivity index (χ1v) is 17.2. The van der Waals surface area contributed by atoms with Crippen LogP contribution in [0.4, 0.5) is 0 Å². The number of hydrogen-bond acceptors (Lipinski definition) is 8. The Labute approximate surface area is 223 Å². The molecule has 0 spiro atoms. The summed E-state index contributed by atoms with van der Waals surface area (Å²) in [7, 11) is -5.75. The van der Waals surface area contributed by atoms with E-state index >= 15 is 0 Å². The van der Waals surface area contributed by atoms with Crippen molar-refractivity contribution in [3.8, 4) is 6.07 Å². The molecule has 9 nitrogen and oxygen atoms in total. The van der Waals surface area contributed by atoms with Crippen LogP contribution in [0.25, 0.3) is 0 Å². The van der Waals surface area contributed by atoms with Crippen LogP contribution in [0.5, 0.6) is 0 Å². The number of carbonyl (C=O) groups excluding carboxylic acids is 1. The second-order valence-electron chi connectivity index (χ2n) is 11.9. The van der Waals surface area contributed by atoms with Gasteiger partial charge in [-0.05, 0) is 42.1 Å². The summed E-state index contributed by atoms with van der Waals surface area (Å²) in [6.07, 6.45) is -0.516. The molecule has 0 unspecified atom stereocenters. The predicted octanol–water partition coefficient (Wildman–Crippen LogP) is 4.76. The first-order chi connectivity index (χ1) is 17.1. The Kier molecular flexibility index (Phi) is 8.74. The minimum atomic E-state index is -2.98. The third-order valence-corrected chi connectivity index (χ3v) is 18.1. The molecule has 3 rings (SSSR count). The van der Waals surface area contributed by atoms with E-state index in [0.29, 0.717) is 5.69 Å². The first kappa shape index (κ1) is 29.9. The van der Waals surface area contributed by atoms with E-state index in [1.54, 1.807) is 19.2 Å². The third kappa shape index (κ3) is 5.16. The minimum Gasteiger partial charge on any atom is -0.414 e. The summed E-state index contributed by atoms with van der Waals surface area (Å²) in [5, 5.41) is 10.5. The first-order valence-electron chi connectivity index (χ1n) is 13.3. The Bertz CT molecular complexity index is 1080. The van der Waals surface area contributed by atoms with Crippen LogP contribution >= 0.6 is 0 Å². The van der Waals surface area contributed by atoms with Crippen LogP contribution in [0.3, 0.4) is 0 Å². The highest BCUT2D eigenvalue weighted by Crippen LogP contribution is 2.53. The minimum absolute atomic E-state index is 0.0741. The molecule has 0 bridgehead atoms. The highest BCUT2D eigenvalue weighted by atomic mass is 28.5. The Balaban J connectivity index is 2.14. The molecule has 4 atom stereocenters. The summed E-state index contributed by atoms with van der Waals surface area (Å²) in [6, 6.07) is 4.05. The number of rotatable bonds is 7. The van der Waals surface area contributed by atoms with Crippen LogP contribution in [-0.2, 0) is 28.9 Å². The molecule has 0 aromatic carbocycles. The van der Waals surface area contributed by atoms with Crippen molar-refractivity contribution in [2.75, 3.05) is 6.61 Å². The lowest BCUT2D eigenvalue weighted by Gasteiger charge is -2.52. The second kappa shape index (κ2) is 10.8. The zero-order valence-corrected chi connectivity index (χ0v) is 25.9. The van der Waals surface area contributed by atoms with Crippen LogP contribution < -0.4 is 5.69 Å². The molecule has 1 aromatic heterocycles. The van der Waals surface area contributed by atoms with Crippen LogP contribution in [0.15, 0.2) is 17.1 Å². The molecule has 3 heterocycles. The van der Waals surface area contributed by atoms with Gasteiger partial charge in [0.25, 0.3) is 0 Å². The van der Waals surface area contributed by atoms with Gasteiger partial charge >= 0.3 is 22.8 Å². The van der Waals surface area contributed by atoms with E-state index in [1.807, 2.05) is 0 Å². The standard InChI is InChI=1S/C26H43N3O6Si2/c1-16(2)36(17(3)4)32-14-22-23(34-37(35-36,18(5)6)19(7)8)26(10,15-27)24(33-22)29-12-11-21(13-20(9)30)28-25(29)31/h11-12,16-19,22-24H,13-14H2,1-10H3/t22-,23-,24-,26-/m1/s1.